The standard InChI is InChI=1S/C33H38N2O5S/c1-4-6-18-40-32(39)27-26-19-22(3)33(41-26)28(27)30(37)35(25(21-36)24-15-11-8-12-16-24)29(33)31(38)34(17-5-2)20-23-13-9-7-10-14-23/h4-5,7-16,22,25-29,36H,1-2,6,17-21H2,3H3/t22?,25-,26+,27-,28+,29?,33?/m1/s1. The van der Waals surface area contributed by atoms with Gasteiger partial charge in [-0.15, -0.1) is 24.9 Å². The molecule has 41 heavy (non-hydrogen) atoms. The Bertz CT molecular complexity index is 1290. The normalized spacial score (nSPS) is 28.7. The van der Waals surface area contributed by atoms with Gasteiger partial charge >= 0.3 is 5.97 Å². The van der Waals surface area contributed by atoms with Crippen LogP contribution in [0.25, 0.3) is 0 Å². The zero-order chi connectivity index (χ0) is 29.1. The summed E-state index contributed by atoms with van der Waals surface area (Å²) in [6, 6.07) is 17.5. The first-order valence-electron chi connectivity index (χ1n) is 14.3. The van der Waals surface area contributed by atoms with Crippen LogP contribution in [-0.2, 0) is 25.7 Å². The Hall–Kier alpha value is -3.36. The van der Waals surface area contributed by atoms with Crippen LogP contribution in [-0.4, -0.2) is 68.5 Å². The highest BCUT2D eigenvalue weighted by Crippen LogP contribution is 2.69. The molecule has 3 aliphatic heterocycles. The number of esters is 1. The molecule has 1 N–H and O–H groups in total. The van der Waals surface area contributed by atoms with E-state index < -0.39 is 34.6 Å². The highest BCUT2D eigenvalue weighted by Gasteiger charge is 2.77. The van der Waals surface area contributed by atoms with Crippen LogP contribution >= 0.6 is 11.8 Å². The number of aliphatic hydroxyl groups is 1. The number of hydrogen-bond donors (Lipinski definition) is 1. The number of benzene rings is 2. The fourth-order valence-corrected chi connectivity index (χ4v) is 9.47. The van der Waals surface area contributed by atoms with E-state index in [0.717, 1.165) is 11.1 Å². The SMILES string of the molecule is C=CCCOC(=O)[C@@H]1[C@@H]2CC(C)C3(S2)C(C(=O)N(CC=C)Cc2ccccc2)N([C@H](CO)c2ccccc2)C(=O)[C@H]13. The lowest BCUT2D eigenvalue weighted by atomic mass is 9.66. The van der Waals surface area contributed by atoms with Crippen molar-refractivity contribution >= 4 is 29.5 Å². The van der Waals surface area contributed by atoms with Crippen LogP contribution in [0.15, 0.2) is 86.0 Å². The van der Waals surface area contributed by atoms with Gasteiger partial charge in [0.15, 0.2) is 0 Å². The quantitative estimate of drug-likeness (QED) is 0.230. The van der Waals surface area contributed by atoms with E-state index in [4.69, 9.17) is 4.74 Å². The van der Waals surface area contributed by atoms with Crippen molar-refractivity contribution in [3.05, 3.63) is 97.1 Å². The molecule has 0 aliphatic carbocycles. The molecule has 3 saturated heterocycles. The number of carbonyl (C=O) groups is 3. The first-order chi connectivity index (χ1) is 19.9. The van der Waals surface area contributed by atoms with Crippen LogP contribution in [0.3, 0.4) is 0 Å². The van der Waals surface area contributed by atoms with Gasteiger partial charge in [0.25, 0.3) is 0 Å². The van der Waals surface area contributed by atoms with Crippen LogP contribution in [0, 0.1) is 17.8 Å². The fraction of sp³-hybridized carbons (Fsp3) is 0.424. The number of likely N-dealkylation sites (tertiary alicyclic amines) is 1. The summed E-state index contributed by atoms with van der Waals surface area (Å²) in [5, 5.41) is 10.6. The highest BCUT2D eigenvalue weighted by molar-refractivity contribution is 8.02. The summed E-state index contributed by atoms with van der Waals surface area (Å²) in [6.45, 7) is 10.2. The molecular weight excluding hydrogens is 536 g/mol. The van der Waals surface area contributed by atoms with Crippen LogP contribution in [0.2, 0.25) is 0 Å². The molecule has 1 spiro atoms. The van der Waals surface area contributed by atoms with Crippen molar-refractivity contribution in [2.75, 3.05) is 19.8 Å². The largest absolute Gasteiger partial charge is 0.465 e. The van der Waals surface area contributed by atoms with Crippen molar-refractivity contribution in [3.63, 3.8) is 0 Å². The first kappa shape index (κ1) is 29.1. The monoisotopic (exact) mass is 574 g/mol. The molecule has 7 atom stereocenters. The lowest BCUT2D eigenvalue weighted by molar-refractivity contribution is -0.155. The van der Waals surface area contributed by atoms with Crippen LogP contribution in [0.5, 0.6) is 0 Å². The van der Waals surface area contributed by atoms with Crippen LogP contribution in [0.1, 0.15) is 36.9 Å². The van der Waals surface area contributed by atoms with E-state index in [1.165, 1.54) is 0 Å². The molecule has 5 rings (SSSR count). The molecule has 7 nitrogen and oxygen atoms in total. The molecule has 3 aliphatic rings. The summed E-state index contributed by atoms with van der Waals surface area (Å²) in [4.78, 5) is 46.1. The van der Waals surface area contributed by atoms with Gasteiger partial charge in [-0.3, -0.25) is 14.4 Å². The van der Waals surface area contributed by atoms with Crippen LogP contribution in [0.4, 0.5) is 0 Å². The summed E-state index contributed by atoms with van der Waals surface area (Å²) >= 11 is 1.60. The summed E-state index contributed by atoms with van der Waals surface area (Å²) in [6.07, 6.45) is 4.62. The lowest BCUT2D eigenvalue weighted by Gasteiger charge is -2.42. The zero-order valence-electron chi connectivity index (χ0n) is 23.4. The third-order valence-corrected chi connectivity index (χ3v) is 10.9. The second kappa shape index (κ2) is 12.2. The van der Waals surface area contributed by atoms with E-state index in [1.807, 2.05) is 60.7 Å². The third kappa shape index (κ3) is 5.01. The Labute approximate surface area is 246 Å². The molecule has 2 amide bonds. The number of fused-ring (bicyclic) bond motifs is 1. The van der Waals surface area contributed by atoms with E-state index in [9.17, 15) is 19.5 Å². The van der Waals surface area contributed by atoms with Crippen molar-refractivity contribution in [2.45, 2.75) is 48.4 Å². The lowest BCUT2D eigenvalue weighted by Crippen LogP contribution is -2.57. The number of hydrogen-bond acceptors (Lipinski definition) is 6. The number of thioether (sulfide) groups is 1. The maximum absolute atomic E-state index is 14.8. The minimum atomic E-state index is -0.864. The molecule has 8 heteroatoms. The average Bonchev–Trinajstić information content (AvgIpc) is 3.58. The van der Waals surface area contributed by atoms with E-state index in [0.29, 0.717) is 25.9 Å². The van der Waals surface area contributed by atoms with Crippen molar-refractivity contribution < 1.29 is 24.2 Å². The van der Waals surface area contributed by atoms with E-state index in [2.05, 4.69) is 20.1 Å². The minimum Gasteiger partial charge on any atom is -0.465 e. The molecular formula is C33H38N2O5S. The minimum absolute atomic E-state index is 0.0000442. The second-order valence-corrected chi connectivity index (χ2v) is 12.7. The Morgan fingerprint density at radius 2 is 1.83 bits per heavy atom. The number of rotatable bonds is 12. The summed E-state index contributed by atoms with van der Waals surface area (Å²) in [7, 11) is 0. The topological polar surface area (TPSA) is 87.2 Å². The molecule has 0 saturated carbocycles. The smallest absolute Gasteiger partial charge is 0.310 e. The fourth-order valence-electron chi connectivity index (χ4n) is 7.08. The third-order valence-electron chi connectivity index (χ3n) is 8.83. The number of amides is 2. The highest BCUT2D eigenvalue weighted by atomic mass is 32.2. The van der Waals surface area contributed by atoms with Crippen molar-refractivity contribution in [3.8, 4) is 0 Å². The Morgan fingerprint density at radius 1 is 1.15 bits per heavy atom. The van der Waals surface area contributed by atoms with Crippen molar-refractivity contribution in [1.29, 1.82) is 0 Å². The predicted molar refractivity (Wildman–Crippen MR) is 160 cm³/mol. The van der Waals surface area contributed by atoms with E-state index in [-0.39, 0.29) is 36.2 Å². The molecule has 3 heterocycles. The van der Waals surface area contributed by atoms with Crippen LogP contribution < -0.4 is 0 Å². The number of aliphatic hydroxyl groups excluding tert-OH is 1. The van der Waals surface area contributed by atoms with Gasteiger partial charge in [-0.2, -0.15) is 0 Å². The summed E-state index contributed by atoms with van der Waals surface area (Å²) in [5.74, 6) is -2.22. The van der Waals surface area contributed by atoms with Crippen molar-refractivity contribution in [1.82, 2.24) is 9.80 Å². The Kier molecular flexibility index (Phi) is 8.71. The molecule has 0 radical (unpaired) electrons. The Morgan fingerprint density at radius 3 is 2.46 bits per heavy atom. The van der Waals surface area contributed by atoms with E-state index in [1.54, 1.807) is 33.7 Å². The number of nitrogens with zero attached hydrogens (tertiary/aromatic N) is 2. The van der Waals surface area contributed by atoms with Gasteiger partial charge in [-0.1, -0.05) is 79.7 Å². The summed E-state index contributed by atoms with van der Waals surface area (Å²) < 4.78 is 4.80. The molecule has 216 valence electrons. The van der Waals surface area contributed by atoms with Gasteiger partial charge in [-0.25, -0.2) is 0 Å². The molecule has 0 aromatic heterocycles. The Balaban J connectivity index is 1.60. The first-order valence-corrected chi connectivity index (χ1v) is 15.1. The molecule has 3 fully saturated rings. The van der Waals surface area contributed by atoms with Gasteiger partial charge in [-0.05, 0) is 29.9 Å². The molecule has 2 aromatic carbocycles. The number of carbonyl (C=O) groups excluding carboxylic acids is 3. The zero-order valence-corrected chi connectivity index (χ0v) is 24.2. The second-order valence-electron chi connectivity index (χ2n) is 11.1. The van der Waals surface area contributed by atoms with E-state index >= 15 is 0 Å². The average molecular weight is 575 g/mol. The predicted octanol–water partition coefficient (Wildman–Crippen LogP) is 4.39. The van der Waals surface area contributed by atoms with Gasteiger partial charge < -0.3 is 19.6 Å². The van der Waals surface area contributed by atoms with Gasteiger partial charge in [0.2, 0.25) is 11.8 Å². The maximum atomic E-state index is 14.8. The number of ether oxygens (including phenoxy) is 1. The molecule has 2 bridgehead atoms. The molecule has 3 unspecified atom stereocenters. The van der Waals surface area contributed by atoms with Gasteiger partial charge in [0.05, 0.1) is 35.8 Å². The summed E-state index contributed by atoms with van der Waals surface area (Å²) in [5.41, 5.74) is 1.71. The van der Waals surface area contributed by atoms with Crippen molar-refractivity contribution in [2.24, 2.45) is 17.8 Å². The maximum Gasteiger partial charge on any atom is 0.310 e. The molecule has 2 aromatic rings. The van der Waals surface area contributed by atoms with Gasteiger partial charge in [0.1, 0.15) is 6.04 Å². The van der Waals surface area contributed by atoms with Gasteiger partial charge in [0, 0.05) is 18.3 Å².